The molecular formula is C14H13F3N2O2S. The maximum absolute atomic E-state index is 13.8. The molecule has 0 aliphatic heterocycles. The topological polar surface area (TPSA) is 72.2 Å². The van der Waals surface area contributed by atoms with Gasteiger partial charge in [-0.2, -0.15) is 0 Å². The molecule has 0 unspecified atom stereocenters. The Morgan fingerprint density at radius 3 is 2.27 bits per heavy atom. The van der Waals surface area contributed by atoms with Crippen LogP contribution >= 0.6 is 0 Å². The second-order valence-electron chi connectivity index (χ2n) is 4.75. The first kappa shape index (κ1) is 16.2. The van der Waals surface area contributed by atoms with Gasteiger partial charge in [-0.25, -0.2) is 21.6 Å². The number of anilines is 2. The summed E-state index contributed by atoms with van der Waals surface area (Å²) in [4.78, 5) is -0.335. The van der Waals surface area contributed by atoms with Crippen molar-refractivity contribution in [3.63, 3.8) is 0 Å². The number of nitrogens with one attached hydrogen (secondary N) is 1. The van der Waals surface area contributed by atoms with Crippen molar-refractivity contribution in [2.75, 3.05) is 10.5 Å². The molecule has 0 saturated carbocycles. The smallest absolute Gasteiger partial charge is 0.262 e. The lowest BCUT2D eigenvalue weighted by molar-refractivity contribution is 0.583. The van der Waals surface area contributed by atoms with Crippen LogP contribution in [0.2, 0.25) is 0 Å². The average molecular weight is 330 g/mol. The van der Waals surface area contributed by atoms with Crippen LogP contribution in [-0.4, -0.2) is 8.42 Å². The molecule has 2 rings (SSSR count). The van der Waals surface area contributed by atoms with Crippen molar-refractivity contribution in [3.05, 3.63) is 52.8 Å². The fraction of sp³-hybridized carbons (Fsp3) is 0.143. The van der Waals surface area contributed by atoms with E-state index in [0.717, 1.165) is 12.1 Å². The van der Waals surface area contributed by atoms with Crippen molar-refractivity contribution in [2.24, 2.45) is 0 Å². The van der Waals surface area contributed by atoms with Gasteiger partial charge in [0.25, 0.3) is 10.0 Å². The van der Waals surface area contributed by atoms with Crippen molar-refractivity contribution < 1.29 is 21.6 Å². The van der Waals surface area contributed by atoms with Crippen molar-refractivity contribution in [1.82, 2.24) is 0 Å². The van der Waals surface area contributed by atoms with Crippen LogP contribution in [0, 0.1) is 31.3 Å². The SMILES string of the molecule is Cc1ccc(S(=O)(=O)Nc2ccc(F)c(N)c2F)c(C)c1F. The van der Waals surface area contributed by atoms with E-state index < -0.39 is 38.8 Å². The Bertz CT molecular complexity index is 852. The summed E-state index contributed by atoms with van der Waals surface area (Å²) in [7, 11) is -4.24. The zero-order valence-electron chi connectivity index (χ0n) is 11.7. The highest BCUT2D eigenvalue weighted by Crippen LogP contribution is 2.27. The van der Waals surface area contributed by atoms with Gasteiger partial charge in [0.2, 0.25) is 0 Å². The second-order valence-corrected chi connectivity index (χ2v) is 6.40. The molecule has 22 heavy (non-hydrogen) atoms. The first-order chi connectivity index (χ1) is 10.1. The summed E-state index contributed by atoms with van der Waals surface area (Å²) in [6, 6.07) is 4.24. The molecule has 8 heteroatoms. The lowest BCUT2D eigenvalue weighted by Gasteiger charge is -2.13. The zero-order valence-corrected chi connectivity index (χ0v) is 12.6. The van der Waals surface area contributed by atoms with Crippen molar-refractivity contribution >= 4 is 21.4 Å². The molecule has 0 saturated heterocycles. The maximum Gasteiger partial charge on any atom is 0.262 e. The van der Waals surface area contributed by atoms with E-state index in [1.54, 1.807) is 0 Å². The summed E-state index contributed by atoms with van der Waals surface area (Å²) in [5.41, 5.74) is 4.05. The first-order valence-electron chi connectivity index (χ1n) is 6.17. The van der Waals surface area contributed by atoms with E-state index >= 15 is 0 Å². The number of aryl methyl sites for hydroxylation is 1. The van der Waals surface area contributed by atoms with Crippen molar-refractivity contribution in [1.29, 1.82) is 0 Å². The highest BCUT2D eigenvalue weighted by Gasteiger charge is 2.22. The van der Waals surface area contributed by atoms with Gasteiger partial charge in [-0.1, -0.05) is 6.07 Å². The average Bonchev–Trinajstić information content (AvgIpc) is 2.45. The molecule has 0 aromatic heterocycles. The van der Waals surface area contributed by atoms with E-state index in [1.807, 2.05) is 4.72 Å². The molecule has 2 aromatic rings. The third kappa shape index (κ3) is 2.74. The molecule has 0 amide bonds. The number of benzene rings is 2. The lowest BCUT2D eigenvalue weighted by Crippen LogP contribution is -2.16. The second kappa shape index (κ2) is 5.53. The van der Waals surface area contributed by atoms with Crippen LogP contribution in [0.15, 0.2) is 29.2 Å². The summed E-state index contributed by atoms with van der Waals surface area (Å²) in [5, 5.41) is 0. The van der Waals surface area contributed by atoms with Gasteiger partial charge in [0.1, 0.15) is 17.3 Å². The van der Waals surface area contributed by atoms with Crippen LogP contribution in [0.25, 0.3) is 0 Å². The molecule has 0 fully saturated rings. The Hall–Kier alpha value is -2.22. The van der Waals surface area contributed by atoms with Crippen LogP contribution in [0.3, 0.4) is 0 Å². The Morgan fingerprint density at radius 1 is 1.00 bits per heavy atom. The summed E-state index contributed by atoms with van der Waals surface area (Å²) in [6.07, 6.45) is 0. The third-order valence-corrected chi connectivity index (χ3v) is 4.70. The molecule has 0 aliphatic rings. The molecule has 3 N–H and O–H groups in total. The van der Waals surface area contributed by atoms with Gasteiger partial charge in [0, 0.05) is 5.56 Å². The van der Waals surface area contributed by atoms with Gasteiger partial charge in [-0.3, -0.25) is 4.72 Å². The fourth-order valence-electron chi connectivity index (χ4n) is 1.94. The number of hydrogen-bond donors (Lipinski definition) is 2. The van der Waals surface area contributed by atoms with Crippen LogP contribution in [0.1, 0.15) is 11.1 Å². The number of sulfonamides is 1. The van der Waals surface area contributed by atoms with Crippen LogP contribution < -0.4 is 10.5 Å². The van der Waals surface area contributed by atoms with Crippen LogP contribution in [0.5, 0.6) is 0 Å². The zero-order chi connectivity index (χ0) is 16.7. The molecular weight excluding hydrogens is 317 g/mol. The maximum atomic E-state index is 13.8. The molecule has 0 radical (unpaired) electrons. The molecule has 0 atom stereocenters. The summed E-state index contributed by atoms with van der Waals surface area (Å²) in [6.45, 7) is 2.79. The van der Waals surface area contributed by atoms with E-state index in [1.165, 1.54) is 26.0 Å². The minimum absolute atomic E-state index is 0.0945. The van der Waals surface area contributed by atoms with Gasteiger partial charge >= 0.3 is 0 Å². The highest BCUT2D eigenvalue weighted by atomic mass is 32.2. The first-order valence-corrected chi connectivity index (χ1v) is 7.65. The van der Waals surface area contributed by atoms with Crippen LogP contribution in [0.4, 0.5) is 24.5 Å². The monoisotopic (exact) mass is 330 g/mol. The van der Waals surface area contributed by atoms with E-state index in [-0.39, 0.29) is 16.0 Å². The summed E-state index contributed by atoms with van der Waals surface area (Å²) >= 11 is 0. The molecule has 2 aromatic carbocycles. The largest absolute Gasteiger partial charge is 0.394 e. The van der Waals surface area contributed by atoms with Gasteiger partial charge in [0.15, 0.2) is 5.82 Å². The van der Waals surface area contributed by atoms with E-state index in [0.29, 0.717) is 0 Å². The van der Waals surface area contributed by atoms with E-state index in [2.05, 4.69) is 0 Å². The lowest BCUT2D eigenvalue weighted by atomic mass is 10.1. The predicted octanol–water partition coefficient (Wildman–Crippen LogP) is 3.10. The van der Waals surface area contributed by atoms with Gasteiger partial charge in [-0.15, -0.1) is 0 Å². The highest BCUT2D eigenvalue weighted by molar-refractivity contribution is 7.92. The summed E-state index contributed by atoms with van der Waals surface area (Å²) in [5.74, 6) is -2.89. The third-order valence-electron chi connectivity index (χ3n) is 3.19. The normalized spacial score (nSPS) is 11.5. The van der Waals surface area contributed by atoms with Gasteiger partial charge in [-0.05, 0) is 37.6 Å². The van der Waals surface area contributed by atoms with Gasteiger partial charge in [0.05, 0.1) is 10.6 Å². The number of nitrogen functional groups attached to an aromatic ring is 1. The molecule has 4 nitrogen and oxygen atoms in total. The van der Waals surface area contributed by atoms with E-state index in [9.17, 15) is 21.6 Å². The number of rotatable bonds is 3. The molecule has 0 bridgehead atoms. The Balaban J connectivity index is 2.50. The number of hydrogen-bond acceptors (Lipinski definition) is 3. The minimum atomic E-state index is -4.24. The molecule has 0 heterocycles. The van der Waals surface area contributed by atoms with Gasteiger partial charge < -0.3 is 5.73 Å². The van der Waals surface area contributed by atoms with Crippen LogP contribution in [-0.2, 0) is 10.0 Å². The number of halogens is 3. The Kier molecular flexibility index (Phi) is 4.06. The quantitative estimate of drug-likeness (QED) is 0.850. The number of nitrogens with two attached hydrogens (primary N) is 1. The molecule has 0 spiro atoms. The molecule has 0 aliphatic carbocycles. The Morgan fingerprint density at radius 2 is 1.64 bits per heavy atom. The minimum Gasteiger partial charge on any atom is -0.394 e. The Labute approximate surface area is 125 Å². The predicted molar refractivity (Wildman–Crippen MR) is 77.5 cm³/mol. The van der Waals surface area contributed by atoms with Crippen molar-refractivity contribution in [3.8, 4) is 0 Å². The standard InChI is InChI=1S/C14H13F3N2O2S/c1-7-3-6-11(8(2)12(7)16)22(20,21)19-10-5-4-9(15)14(18)13(10)17/h3-6,19H,18H2,1-2H3. The van der Waals surface area contributed by atoms with Crippen molar-refractivity contribution in [2.45, 2.75) is 18.7 Å². The molecule has 118 valence electrons. The van der Waals surface area contributed by atoms with E-state index in [4.69, 9.17) is 5.73 Å². The fourth-order valence-corrected chi connectivity index (χ4v) is 3.24. The summed E-state index contributed by atoms with van der Waals surface area (Å²) < 4.78 is 67.1.